The van der Waals surface area contributed by atoms with Crippen molar-refractivity contribution in [1.82, 2.24) is 4.90 Å². The lowest BCUT2D eigenvalue weighted by Gasteiger charge is -2.33. The summed E-state index contributed by atoms with van der Waals surface area (Å²) in [6, 6.07) is 5.11. The number of hydrogen-bond acceptors (Lipinski definition) is 2. The maximum absolute atomic E-state index is 13.1. The lowest BCUT2D eigenvalue weighted by atomic mass is 9.84. The van der Waals surface area contributed by atoms with Crippen molar-refractivity contribution < 1.29 is 14.7 Å². The van der Waals surface area contributed by atoms with E-state index in [1.807, 2.05) is 32.0 Å². The minimum atomic E-state index is -0.868. The highest BCUT2D eigenvalue weighted by molar-refractivity contribution is 5.98. The molecule has 0 radical (unpaired) electrons. The molecular formula is C18H23NO3. The van der Waals surface area contributed by atoms with Crippen molar-refractivity contribution in [2.24, 2.45) is 5.92 Å². The molecule has 1 aromatic rings. The molecule has 22 heavy (non-hydrogen) atoms. The van der Waals surface area contributed by atoms with Crippen molar-refractivity contribution in [3.8, 4) is 0 Å². The van der Waals surface area contributed by atoms with Crippen LogP contribution in [0.1, 0.15) is 53.6 Å². The minimum absolute atomic E-state index is 0.0993. The van der Waals surface area contributed by atoms with Gasteiger partial charge in [-0.3, -0.25) is 4.79 Å². The standard InChI is InChI=1S/C18H23NO3/c1-11-6-5-8-14(12(11)2)17(20)19-15-9-4-3-7-13(15)10-16(19)18(21)22/h5-6,8,13,15-16H,3-4,7,9-10H2,1-2H3,(H,21,22). The van der Waals surface area contributed by atoms with Crippen LogP contribution in [-0.4, -0.2) is 34.0 Å². The van der Waals surface area contributed by atoms with Gasteiger partial charge < -0.3 is 10.0 Å². The molecule has 0 aromatic heterocycles. The Labute approximate surface area is 131 Å². The zero-order valence-corrected chi connectivity index (χ0v) is 13.2. The number of carbonyl (C=O) groups is 2. The van der Waals surface area contributed by atoms with Crippen LogP contribution in [0.3, 0.4) is 0 Å². The molecule has 3 rings (SSSR count). The van der Waals surface area contributed by atoms with Crippen LogP contribution in [0.25, 0.3) is 0 Å². The van der Waals surface area contributed by atoms with E-state index in [1.165, 1.54) is 0 Å². The molecule has 1 saturated carbocycles. The Hall–Kier alpha value is -1.84. The Morgan fingerprint density at radius 1 is 1.18 bits per heavy atom. The van der Waals surface area contributed by atoms with Crippen LogP contribution in [0.4, 0.5) is 0 Å². The Bertz CT molecular complexity index is 610. The second-order valence-corrected chi connectivity index (χ2v) is 6.66. The van der Waals surface area contributed by atoms with E-state index in [0.29, 0.717) is 17.9 Å². The molecule has 2 fully saturated rings. The van der Waals surface area contributed by atoms with E-state index in [2.05, 4.69) is 0 Å². The molecular weight excluding hydrogens is 278 g/mol. The van der Waals surface area contributed by atoms with E-state index >= 15 is 0 Å². The maximum atomic E-state index is 13.1. The highest BCUT2D eigenvalue weighted by Crippen LogP contribution is 2.40. The second-order valence-electron chi connectivity index (χ2n) is 6.66. The average Bonchev–Trinajstić information content (AvgIpc) is 2.89. The summed E-state index contributed by atoms with van der Waals surface area (Å²) >= 11 is 0. The van der Waals surface area contributed by atoms with Crippen molar-refractivity contribution in [2.45, 2.75) is 58.0 Å². The molecule has 1 saturated heterocycles. The fraction of sp³-hybridized carbons (Fsp3) is 0.556. The number of likely N-dealkylation sites (tertiary alicyclic amines) is 1. The molecule has 1 amide bonds. The number of fused-ring (bicyclic) bond motifs is 1. The van der Waals surface area contributed by atoms with E-state index < -0.39 is 12.0 Å². The number of amides is 1. The van der Waals surface area contributed by atoms with Gasteiger partial charge in [0.05, 0.1) is 0 Å². The van der Waals surface area contributed by atoms with Gasteiger partial charge in [-0.1, -0.05) is 25.0 Å². The largest absolute Gasteiger partial charge is 0.480 e. The van der Waals surface area contributed by atoms with Gasteiger partial charge in [0.15, 0.2) is 0 Å². The van der Waals surface area contributed by atoms with Gasteiger partial charge >= 0.3 is 5.97 Å². The molecule has 1 N–H and O–H groups in total. The van der Waals surface area contributed by atoms with E-state index in [0.717, 1.165) is 36.8 Å². The van der Waals surface area contributed by atoms with Crippen LogP contribution in [0, 0.1) is 19.8 Å². The van der Waals surface area contributed by atoms with Gasteiger partial charge in [0.1, 0.15) is 6.04 Å². The van der Waals surface area contributed by atoms with E-state index in [1.54, 1.807) is 4.90 Å². The van der Waals surface area contributed by atoms with E-state index in [4.69, 9.17) is 0 Å². The SMILES string of the molecule is Cc1cccc(C(=O)N2C(C(=O)O)CC3CCCCC32)c1C. The third-order valence-corrected chi connectivity index (χ3v) is 5.44. The van der Waals surface area contributed by atoms with Crippen molar-refractivity contribution in [1.29, 1.82) is 0 Å². The molecule has 1 aromatic carbocycles. The van der Waals surface area contributed by atoms with E-state index in [-0.39, 0.29) is 11.9 Å². The van der Waals surface area contributed by atoms with Crippen LogP contribution in [-0.2, 0) is 4.79 Å². The van der Waals surface area contributed by atoms with Gasteiger partial charge in [-0.2, -0.15) is 0 Å². The van der Waals surface area contributed by atoms with Crippen molar-refractivity contribution >= 4 is 11.9 Å². The molecule has 4 nitrogen and oxygen atoms in total. The number of nitrogens with zero attached hydrogens (tertiary/aromatic N) is 1. The Morgan fingerprint density at radius 2 is 1.91 bits per heavy atom. The summed E-state index contributed by atoms with van der Waals surface area (Å²) in [5.41, 5.74) is 2.67. The molecule has 0 bridgehead atoms. The molecule has 1 aliphatic heterocycles. The minimum Gasteiger partial charge on any atom is -0.480 e. The first-order valence-electron chi connectivity index (χ1n) is 8.12. The van der Waals surface area contributed by atoms with Crippen LogP contribution < -0.4 is 0 Å². The topological polar surface area (TPSA) is 57.6 Å². The van der Waals surface area contributed by atoms with Crippen molar-refractivity contribution in [3.05, 3.63) is 34.9 Å². The highest BCUT2D eigenvalue weighted by atomic mass is 16.4. The third-order valence-electron chi connectivity index (χ3n) is 5.44. The number of carboxylic acid groups (broad SMARTS) is 1. The van der Waals surface area contributed by atoms with Gasteiger partial charge in [-0.25, -0.2) is 4.79 Å². The zero-order chi connectivity index (χ0) is 15.9. The monoisotopic (exact) mass is 301 g/mol. The lowest BCUT2D eigenvalue weighted by molar-refractivity contribution is -0.141. The summed E-state index contributed by atoms with van der Waals surface area (Å²) in [5, 5.41) is 9.56. The normalized spacial score (nSPS) is 27.5. The number of carbonyl (C=O) groups excluding carboxylic acids is 1. The summed E-state index contributed by atoms with van der Waals surface area (Å²) in [5.74, 6) is -0.625. The zero-order valence-electron chi connectivity index (χ0n) is 13.2. The van der Waals surface area contributed by atoms with Crippen LogP contribution >= 0.6 is 0 Å². The van der Waals surface area contributed by atoms with Gasteiger partial charge in [0.25, 0.3) is 5.91 Å². The predicted molar refractivity (Wildman–Crippen MR) is 83.9 cm³/mol. The average molecular weight is 301 g/mol. The summed E-state index contributed by atoms with van der Waals surface area (Å²) in [4.78, 5) is 26.4. The van der Waals surface area contributed by atoms with Gasteiger partial charge in [0, 0.05) is 11.6 Å². The van der Waals surface area contributed by atoms with Crippen molar-refractivity contribution in [3.63, 3.8) is 0 Å². The molecule has 0 spiro atoms. The maximum Gasteiger partial charge on any atom is 0.326 e. The highest BCUT2D eigenvalue weighted by Gasteiger charge is 2.47. The quantitative estimate of drug-likeness (QED) is 0.913. The van der Waals surface area contributed by atoms with Gasteiger partial charge in [0.2, 0.25) is 0 Å². The number of hydrogen-bond donors (Lipinski definition) is 1. The summed E-state index contributed by atoms with van der Waals surface area (Å²) in [7, 11) is 0. The third kappa shape index (κ3) is 2.40. The Balaban J connectivity index is 1.97. The molecule has 3 atom stereocenters. The molecule has 1 heterocycles. The van der Waals surface area contributed by atoms with Crippen LogP contribution in [0.5, 0.6) is 0 Å². The smallest absolute Gasteiger partial charge is 0.326 e. The fourth-order valence-corrected chi connectivity index (χ4v) is 4.09. The second kappa shape index (κ2) is 5.75. The molecule has 118 valence electrons. The molecule has 3 unspecified atom stereocenters. The van der Waals surface area contributed by atoms with Crippen molar-refractivity contribution in [2.75, 3.05) is 0 Å². The lowest BCUT2D eigenvalue weighted by Crippen LogP contribution is -2.46. The first-order chi connectivity index (χ1) is 10.5. The molecule has 2 aliphatic rings. The number of rotatable bonds is 2. The summed E-state index contributed by atoms with van der Waals surface area (Å²) < 4.78 is 0. The number of benzene rings is 1. The fourth-order valence-electron chi connectivity index (χ4n) is 4.09. The van der Waals surface area contributed by atoms with E-state index in [9.17, 15) is 14.7 Å². The predicted octanol–water partition coefficient (Wildman–Crippen LogP) is 3.16. The Morgan fingerprint density at radius 3 is 2.64 bits per heavy atom. The molecule has 1 aliphatic carbocycles. The van der Waals surface area contributed by atoms with Gasteiger partial charge in [-0.05, 0) is 56.2 Å². The number of carboxylic acids is 1. The first kappa shape index (κ1) is 15.1. The van der Waals surface area contributed by atoms with Gasteiger partial charge in [-0.15, -0.1) is 0 Å². The summed E-state index contributed by atoms with van der Waals surface area (Å²) in [6.45, 7) is 3.92. The van der Waals surface area contributed by atoms with Crippen LogP contribution in [0.15, 0.2) is 18.2 Å². The number of aryl methyl sites for hydroxylation is 1. The van der Waals surface area contributed by atoms with Crippen LogP contribution in [0.2, 0.25) is 0 Å². The first-order valence-corrected chi connectivity index (χ1v) is 8.12. The molecule has 4 heteroatoms. The Kier molecular flexibility index (Phi) is 3.94. The summed E-state index contributed by atoms with van der Waals surface area (Å²) in [6.07, 6.45) is 4.83. The number of aliphatic carboxylic acids is 1.